The summed E-state index contributed by atoms with van der Waals surface area (Å²) in [7, 11) is 0. The van der Waals surface area contributed by atoms with Crippen LogP contribution in [-0.2, 0) is 9.53 Å². The maximum atomic E-state index is 10.6. The minimum Gasteiger partial charge on any atom is -0.481 e. The van der Waals surface area contributed by atoms with Crippen molar-refractivity contribution in [2.45, 2.75) is 37.9 Å². The molecule has 0 aromatic rings. The first kappa shape index (κ1) is 7.10. The lowest BCUT2D eigenvalue weighted by molar-refractivity contribution is -0.142. The Morgan fingerprint density at radius 2 is 2.18 bits per heavy atom. The lowest BCUT2D eigenvalue weighted by Crippen LogP contribution is -2.14. The normalized spacial score (nSPS) is 42.4. The van der Waals surface area contributed by atoms with Gasteiger partial charge < -0.3 is 9.84 Å². The second-order valence-corrected chi connectivity index (χ2v) is 3.41. The summed E-state index contributed by atoms with van der Waals surface area (Å²) < 4.78 is 5.27. The molecule has 2 aliphatic rings. The van der Waals surface area contributed by atoms with E-state index in [1.165, 1.54) is 0 Å². The van der Waals surface area contributed by atoms with Crippen molar-refractivity contribution in [1.82, 2.24) is 0 Å². The molecule has 0 amide bonds. The molecule has 3 atom stereocenters. The van der Waals surface area contributed by atoms with E-state index in [0.29, 0.717) is 6.10 Å². The number of hydrogen-bond acceptors (Lipinski definition) is 2. The number of aliphatic carboxylic acids is 1. The first-order valence-electron chi connectivity index (χ1n) is 4.15. The molecular formula is C8H12O3. The lowest BCUT2D eigenvalue weighted by Gasteiger charge is -2.06. The van der Waals surface area contributed by atoms with Crippen LogP contribution in [0.5, 0.6) is 0 Å². The summed E-state index contributed by atoms with van der Waals surface area (Å²) in [6.07, 6.45) is 4.33. The third-order valence-electron chi connectivity index (χ3n) is 2.59. The van der Waals surface area contributed by atoms with Crippen LogP contribution in [0.3, 0.4) is 0 Å². The van der Waals surface area contributed by atoms with E-state index in [1.807, 2.05) is 0 Å². The fourth-order valence-corrected chi connectivity index (χ4v) is 1.83. The molecule has 1 N–H and O–H groups in total. The number of carboxylic acids is 1. The molecule has 62 valence electrons. The highest BCUT2D eigenvalue weighted by Gasteiger charge is 2.43. The van der Waals surface area contributed by atoms with Crippen LogP contribution in [0.2, 0.25) is 0 Å². The standard InChI is InChI=1S/C8H12O3/c9-8(10)5-2-1-3-6-7(4-5)11-6/h5-7H,1-4H2,(H,9,10). The van der Waals surface area contributed by atoms with E-state index in [-0.39, 0.29) is 12.0 Å². The number of hydrogen-bond donors (Lipinski definition) is 1. The van der Waals surface area contributed by atoms with Crippen LogP contribution >= 0.6 is 0 Å². The zero-order chi connectivity index (χ0) is 7.84. The maximum absolute atomic E-state index is 10.6. The van der Waals surface area contributed by atoms with Gasteiger partial charge in [-0.05, 0) is 25.7 Å². The smallest absolute Gasteiger partial charge is 0.306 e. The third kappa shape index (κ3) is 1.38. The maximum Gasteiger partial charge on any atom is 0.306 e. The van der Waals surface area contributed by atoms with Gasteiger partial charge >= 0.3 is 5.97 Å². The van der Waals surface area contributed by atoms with Gasteiger partial charge in [-0.3, -0.25) is 4.79 Å². The van der Waals surface area contributed by atoms with Gasteiger partial charge in [0.15, 0.2) is 0 Å². The predicted molar refractivity (Wildman–Crippen MR) is 38.3 cm³/mol. The number of rotatable bonds is 1. The summed E-state index contributed by atoms with van der Waals surface area (Å²) in [5.41, 5.74) is 0. The van der Waals surface area contributed by atoms with Crippen molar-refractivity contribution in [1.29, 1.82) is 0 Å². The summed E-state index contributed by atoms with van der Waals surface area (Å²) >= 11 is 0. The molecular weight excluding hydrogens is 144 g/mol. The molecule has 0 bridgehead atoms. The predicted octanol–water partition coefficient (Wildman–Crippen LogP) is 1.03. The van der Waals surface area contributed by atoms with Gasteiger partial charge in [-0.2, -0.15) is 0 Å². The van der Waals surface area contributed by atoms with Gasteiger partial charge in [-0.15, -0.1) is 0 Å². The van der Waals surface area contributed by atoms with Crippen molar-refractivity contribution in [3.63, 3.8) is 0 Å². The molecule has 3 heteroatoms. The van der Waals surface area contributed by atoms with Crippen molar-refractivity contribution in [3.05, 3.63) is 0 Å². The largest absolute Gasteiger partial charge is 0.481 e. The number of carbonyl (C=O) groups is 1. The van der Waals surface area contributed by atoms with E-state index in [9.17, 15) is 4.79 Å². The van der Waals surface area contributed by atoms with E-state index in [4.69, 9.17) is 9.84 Å². The fourth-order valence-electron chi connectivity index (χ4n) is 1.83. The quantitative estimate of drug-likeness (QED) is 0.577. The fraction of sp³-hybridized carbons (Fsp3) is 0.875. The number of epoxide rings is 1. The van der Waals surface area contributed by atoms with Crippen LogP contribution in [0.1, 0.15) is 25.7 Å². The SMILES string of the molecule is O=C(O)C1CCCC2OC2C1. The molecule has 2 rings (SSSR count). The number of carboxylic acid groups (broad SMARTS) is 1. The summed E-state index contributed by atoms with van der Waals surface area (Å²) in [4.78, 5) is 10.6. The summed E-state index contributed by atoms with van der Waals surface area (Å²) in [6, 6.07) is 0. The van der Waals surface area contributed by atoms with Crippen molar-refractivity contribution in [3.8, 4) is 0 Å². The Hall–Kier alpha value is -0.570. The van der Waals surface area contributed by atoms with Gasteiger partial charge in [0.05, 0.1) is 18.1 Å². The Kier molecular flexibility index (Phi) is 1.60. The van der Waals surface area contributed by atoms with Crippen LogP contribution in [0.15, 0.2) is 0 Å². The molecule has 3 nitrogen and oxygen atoms in total. The van der Waals surface area contributed by atoms with E-state index in [0.717, 1.165) is 25.7 Å². The monoisotopic (exact) mass is 156 g/mol. The van der Waals surface area contributed by atoms with E-state index < -0.39 is 5.97 Å². The molecule has 1 aliphatic carbocycles. The van der Waals surface area contributed by atoms with Crippen molar-refractivity contribution in [2.24, 2.45) is 5.92 Å². The molecule has 1 saturated carbocycles. The highest BCUT2D eigenvalue weighted by Crippen LogP contribution is 2.37. The number of ether oxygens (including phenoxy) is 1. The minimum atomic E-state index is -0.652. The summed E-state index contributed by atoms with van der Waals surface area (Å²) in [5, 5.41) is 8.74. The van der Waals surface area contributed by atoms with Gasteiger partial charge in [0, 0.05) is 0 Å². The van der Waals surface area contributed by atoms with Crippen LogP contribution in [-0.4, -0.2) is 23.3 Å². The first-order valence-corrected chi connectivity index (χ1v) is 4.15. The average molecular weight is 156 g/mol. The number of fused-ring (bicyclic) bond motifs is 1. The Morgan fingerprint density at radius 3 is 2.91 bits per heavy atom. The molecule has 11 heavy (non-hydrogen) atoms. The Labute approximate surface area is 65.4 Å². The molecule has 0 radical (unpaired) electrons. The van der Waals surface area contributed by atoms with Gasteiger partial charge in [0.25, 0.3) is 0 Å². The van der Waals surface area contributed by atoms with Crippen molar-refractivity contribution < 1.29 is 14.6 Å². The summed E-state index contributed by atoms with van der Waals surface area (Å²) in [6.45, 7) is 0. The molecule has 0 spiro atoms. The zero-order valence-corrected chi connectivity index (χ0v) is 6.32. The van der Waals surface area contributed by atoms with Gasteiger partial charge in [-0.1, -0.05) is 0 Å². The minimum absolute atomic E-state index is 0.146. The Bertz CT molecular complexity index is 178. The third-order valence-corrected chi connectivity index (χ3v) is 2.59. The zero-order valence-electron chi connectivity index (χ0n) is 6.32. The van der Waals surface area contributed by atoms with Gasteiger partial charge in [0.2, 0.25) is 0 Å². The van der Waals surface area contributed by atoms with Gasteiger partial charge in [0.1, 0.15) is 0 Å². The molecule has 1 heterocycles. The Morgan fingerprint density at radius 1 is 1.36 bits per heavy atom. The van der Waals surface area contributed by atoms with Gasteiger partial charge in [-0.25, -0.2) is 0 Å². The van der Waals surface area contributed by atoms with Crippen molar-refractivity contribution >= 4 is 5.97 Å². The van der Waals surface area contributed by atoms with Crippen LogP contribution in [0.25, 0.3) is 0 Å². The summed E-state index contributed by atoms with van der Waals surface area (Å²) in [5.74, 6) is -0.798. The average Bonchev–Trinajstić information content (AvgIpc) is 2.59. The highest BCUT2D eigenvalue weighted by molar-refractivity contribution is 5.70. The molecule has 2 fully saturated rings. The second-order valence-electron chi connectivity index (χ2n) is 3.41. The van der Waals surface area contributed by atoms with Crippen LogP contribution in [0, 0.1) is 5.92 Å². The molecule has 1 aliphatic heterocycles. The van der Waals surface area contributed by atoms with E-state index >= 15 is 0 Å². The highest BCUT2D eigenvalue weighted by atomic mass is 16.6. The van der Waals surface area contributed by atoms with Crippen molar-refractivity contribution in [2.75, 3.05) is 0 Å². The van der Waals surface area contributed by atoms with Crippen LogP contribution < -0.4 is 0 Å². The first-order chi connectivity index (χ1) is 5.27. The van der Waals surface area contributed by atoms with E-state index in [1.54, 1.807) is 0 Å². The molecule has 0 aromatic heterocycles. The lowest BCUT2D eigenvalue weighted by atomic mass is 10.0. The van der Waals surface area contributed by atoms with Crippen LogP contribution in [0.4, 0.5) is 0 Å². The Balaban J connectivity index is 1.95. The second kappa shape index (κ2) is 2.48. The topological polar surface area (TPSA) is 49.8 Å². The molecule has 3 unspecified atom stereocenters. The molecule has 1 saturated heterocycles. The molecule has 0 aromatic carbocycles. The van der Waals surface area contributed by atoms with E-state index in [2.05, 4.69) is 0 Å².